The number of hydrogen-bond acceptors (Lipinski definition) is 5. The van der Waals surface area contributed by atoms with Gasteiger partial charge in [-0.05, 0) is 60.7 Å². The Morgan fingerprint density at radius 2 is 1.93 bits per heavy atom. The van der Waals surface area contributed by atoms with Crippen LogP contribution in [0, 0.1) is 11.7 Å². The van der Waals surface area contributed by atoms with E-state index in [4.69, 9.17) is 17.3 Å². The molecule has 0 spiro atoms. The van der Waals surface area contributed by atoms with E-state index >= 15 is 0 Å². The average Bonchev–Trinajstić information content (AvgIpc) is 3.71. The van der Waals surface area contributed by atoms with Crippen molar-refractivity contribution in [1.82, 2.24) is 14.9 Å². The average molecular weight is 573 g/mol. The van der Waals surface area contributed by atoms with Gasteiger partial charge in [-0.1, -0.05) is 36.6 Å². The number of nitrogens with one attached hydrogen (secondary N) is 2. The van der Waals surface area contributed by atoms with Crippen LogP contribution in [0.5, 0.6) is 0 Å². The number of carbonyl (C=O) groups excluding carboxylic acids is 2. The molecule has 3 aromatic rings. The second-order valence-electron chi connectivity index (χ2n) is 10.3. The number of urea groups is 1. The number of carbonyl (C=O) groups is 2. The van der Waals surface area contributed by atoms with Gasteiger partial charge < -0.3 is 16.0 Å². The molecular formula is C28H28ClF3N6O2. The van der Waals surface area contributed by atoms with Crippen molar-refractivity contribution in [3.63, 3.8) is 0 Å². The number of aromatic nitrogens is 2. The topological polar surface area (TPSA) is 113 Å². The largest absolute Gasteiger partial charge is 0.323 e. The lowest BCUT2D eigenvalue weighted by Gasteiger charge is -2.30. The highest BCUT2D eigenvalue weighted by Gasteiger charge is 2.50. The molecule has 5 rings (SSSR count). The lowest BCUT2D eigenvalue weighted by Crippen LogP contribution is -2.45. The van der Waals surface area contributed by atoms with Gasteiger partial charge in [0.2, 0.25) is 5.91 Å². The summed E-state index contributed by atoms with van der Waals surface area (Å²) in [6.07, 6.45) is 5.66. The molecule has 1 unspecified atom stereocenters. The number of rotatable bonds is 8. The molecule has 2 atom stereocenters. The molecule has 1 saturated heterocycles. The van der Waals surface area contributed by atoms with Gasteiger partial charge in [-0.25, -0.2) is 22.9 Å². The number of hydrogen-bond donors (Lipinski definition) is 3. The Hall–Kier alpha value is -3.70. The van der Waals surface area contributed by atoms with E-state index in [1.165, 1.54) is 36.5 Å². The summed E-state index contributed by atoms with van der Waals surface area (Å²) < 4.78 is 43.7. The van der Waals surface area contributed by atoms with Crippen molar-refractivity contribution in [1.29, 1.82) is 0 Å². The first kappa shape index (κ1) is 27.9. The Kier molecular flexibility index (Phi) is 7.70. The van der Waals surface area contributed by atoms with E-state index in [9.17, 15) is 22.8 Å². The number of benzene rings is 1. The van der Waals surface area contributed by atoms with Gasteiger partial charge in [0.15, 0.2) is 0 Å². The zero-order valence-corrected chi connectivity index (χ0v) is 22.2. The van der Waals surface area contributed by atoms with Gasteiger partial charge in [-0.15, -0.1) is 0 Å². The van der Waals surface area contributed by atoms with Crippen LogP contribution in [0.25, 0.3) is 0 Å². The summed E-state index contributed by atoms with van der Waals surface area (Å²) in [5, 5.41) is 5.12. The molecule has 40 heavy (non-hydrogen) atoms. The van der Waals surface area contributed by atoms with E-state index in [1.54, 1.807) is 18.3 Å². The summed E-state index contributed by atoms with van der Waals surface area (Å²) in [4.78, 5) is 35.1. The number of alkyl halides is 2. The third-order valence-corrected chi connectivity index (χ3v) is 7.52. The molecule has 2 aliphatic rings. The molecule has 4 N–H and O–H groups in total. The van der Waals surface area contributed by atoms with Crippen molar-refractivity contribution in [2.75, 3.05) is 17.2 Å². The Labute approximate surface area is 234 Å². The highest BCUT2D eigenvalue weighted by molar-refractivity contribution is 6.30. The predicted molar refractivity (Wildman–Crippen MR) is 145 cm³/mol. The van der Waals surface area contributed by atoms with Crippen molar-refractivity contribution >= 4 is 35.0 Å². The molecule has 8 nitrogen and oxygen atoms in total. The number of nitrogens with two attached hydrogens (primary N) is 1. The Balaban J connectivity index is 1.38. The maximum absolute atomic E-state index is 14.9. The van der Waals surface area contributed by atoms with Crippen molar-refractivity contribution in [2.24, 2.45) is 11.7 Å². The Morgan fingerprint density at radius 1 is 1.12 bits per heavy atom. The first-order chi connectivity index (χ1) is 19.0. The van der Waals surface area contributed by atoms with Crippen molar-refractivity contribution in [3.8, 4) is 0 Å². The molecule has 1 saturated carbocycles. The molecule has 1 aromatic carbocycles. The van der Waals surface area contributed by atoms with Crippen LogP contribution in [0.4, 0.5) is 29.5 Å². The van der Waals surface area contributed by atoms with Crippen molar-refractivity contribution in [3.05, 3.63) is 83.0 Å². The molecule has 3 heterocycles. The second kappa shape index (κ2) is 11.1. The zero-order chi connectivity index (χ0) is 28.5. The van der Waals surface area contributed by atoms with Crippen LogP contribution in [0.2, 0.25) is 5.02 Å². The van der Waals surface area contributed by atoms with Crippen LogP contribution in [-0.4, -0.2) is 45.3 Å². The lowest BCUT2D eigenvalue weighted by molar-refractivity contribution is -0.119. The van der Waals surface area contributed by atoms with Gasteiger partial charge in [0.25, 0.3) is 5.92 Å². The quantitative estimate of drug-likeness (QED) is 0.328. The van der Waals surface area contributed by atoms with E-state index in [1.807, 2.05) is 6.07 Å². The van der Waals surface area contributed by atoms with Crippen LogP contribution in [0.1, 0.15) is 43.4 Å². The second-order valence-corrected chi connectivity index (χ2v) is 10.8. The maximum Gasteiger partial charge on any atom is 0.323 e. The SMILES string of the molecule is NC(CCC1CC1)(c1ccc(F)c(NC(=O)[C@H]2CC(F)(F)CN2C(=O)Nc2ccc(Cl)cn2)c1)c1ccccn1. The number of amides is 3. The summed E-state index contributed by atoms with van der Waals surface area (Å²) in [5.74, 6) is -4.39. The fourth-order valence-electron chi connectivity index (χ4n) is 4.90. The lowest BCUT2D eigenvalue weighted by atomic mass is 9.82. The molecule has 2 aromatic heterocycles. The van der Waals surface area contributed by atoms with Crippen LogP contribution in [-0.2, 0) is 10.3 Å². The Morgan fingerprint density at radius 3 is 2.60 bits per heavy atom. The standard InChI is InChI=1S/C28H28ClF3N6O2/c29-19-7-9-24(35-15-19)37-26(40)38-16-27(31,32)14-22(38)25(39)36-21-13-18(6-8-20(21)30)28(33,11-10-17-4-5-17)23-3-1-2-12-34-23/h1-3,6-9,12-13,15,17,22H,4-5,10-11,14,16,33H2,(H,36,39)(H,35,37,40)/t22-,28?/m1/s1. The number of likely N-dealkylation sites (tertiary alicyclic amines) is 1. The molecule has 0 radical (unpaired) electrons. The normalized spacial score (nSPS) is 19.6. The molecular weight excluding hydrogens is 545 g/mol. The molecule has 12 heteroatoms. The van der Waals surface area contributed by atoms with Crippen LogP contribution < -0.4 is 16.4 Å². The van der Waals surface area contributed by atoms with Crippen molar-refractivity contribution < 1.29 is 22.8 Å². The van der Waals surface area contributed by atoms with E-state index in [0.29, 0.717) is 33.5 Å². The van der Waals surface area contributed by atoms with Gasteiger partial charge in [0, 0.05) is 18.8 Å². The summed E-state index contributed by atoms with van der Waals surface area (Å²) in [6.45, 7) is -0.986. The number of pyridine rings is 2. The Bertz CT molecular complexity index is 1390. The van der Waals surface area contributed by atoms with E-state index in [0.717, 1.165) is 19.3 Å². The zero-order valence-electron chi connectivity index (χ0n) is 21.4. The van der Waals surface area contributed by atoms with Crippen LogP contribution in [0.15, 0.2) is 60.9 Å². The van der Waals surface area contributed by atoms with E-state index in [-0.39, 0.29) is 11.5 Å². The minimum Gasteiger partial charge on any atom is -0.322 e. The third kappa shape index (κ3) is 6.20. The third-order valence-electron chi connectivity index (χ3n) is 7.30. The fourth-order valence-corrected chi connectivity index (χ4v) is 5.01. The van der Waals surface area contributed by atoms with Gasteiger partial charge in [-0.3, -0.25) is 15.1 Å². The first-order valence-electron chi connectivity index (χ1n) is 12.9. The molecule has 2 fully saturated rings. The van der Waals surface area contributed by atoms with Gasteiger partial charge in [0.05, 0.1) is 28.5 Å². The number of anilines is 2. The highest BCUT2D eigenvalue weighted by Crippen LogP contribution is 2.40. The van der Waals surface area contributed by atoms with Crippen molar-refractivity contribution in [2.45, 2.75) is 49.6 Å². The van der Waals surface area contributed by atoms with E-state index in [2.05, 4.69) is 20.6 Å². The minimum atomic E-state index is -3.32. The van der Waals surface area contributed by atoms with Gasteiger partial charge in [0.1, 0.15) is 17.7 Å². The first-order valence-corrected chi connectivity index (χ1v) is 13.3. The van der Waals surface area contributed by atoms with Crippen LogP contribution >= 0.6 is 11.6 Å². The summed E-state index contributed by atoms with van der Waals surface area (Å²) in [6, 6.07) is 9.85. The van der Waals surface area contributed by atoms with Crippen LogP contribution in [0.3, 0.4) is 0 Å². The number of halogens is 4. The summed E-state index contributed by atoms with van der Waals surface area (Å²) in [7, 11) is 0. The highest BCUT2D eigenvalue weighted by atomic mass is 35.5. The molecule has 1 aliphatic heterocycles. The monoisotopic (exact) mass is 572 g/mol. The van der Waals surface area contributed by atoms with Gasteiger partial charge >= 0.3 is 6.03 Å². The fraction of sp³-hybridized carbons (Fsp3) is 0.357. The molecule has 210 valence electrons. The number of nitrogens with zero attached hydrogens (tertiary/aromatic N) is 3. The predicted octanol–water partition coefficient (Wildman–Crippen LogP) is 5.54. The summed E-state index contributed by atoms with van der Waals surface area (Å²) in [5.41, 5.74) is 6.72. The molecule has 1 aliphatic carbocycles. The minimum absolute atomic E-state index is 0.0718. The molecule has 0 bridgehead atoms. The van der Waals surface area contributed by atoms with Gasteiger partial charge in [-0.2, -0.15) is 0 Å². The maximum atomic E-state index is 14.9. The summed E-state index contributed by atoms with van der Waals surface area (Å²) >= 11 is 5.80. The molecule has 3 amide bonds. The smallest absolute Gasteiger partial charge is 0.322 e. The van der Waals surface area contributed by atoms with E-state index < -0.39 is 48.2 Å².